The van der Waals surface area contributed by atoms with Crippen LogP contribution in [0.15, 0.2) is 42.5 Å². The van der Waals surface area contributed by atoms with Crippen LogP contribution in [-0.4, -0.2) is 32.8 Å². The van der Waals surface area contributed by atoms with E-state index in [9.17, 15) is 4.79 Å². The second-order valence-corrected chi connectivity index (χ2v) is 6.25. The fourth-order valence-corrected chi connectivity index (χ4v) is 2.39. The van der Waals surface area contributed by atoms with Gasteiger partial charge in [0.05, 0.1) is 18.9 Å². The van der Waals surface area contributed by atoms with Crippen molar-refractivity contribution in [1.29, 1.82) is 0 Å². The summed E-state index contributed by atoms with van der Waals surface area (Å²) in [7, 11) is 1.62. The molecule has 2 aromatic rings. The first kappa shape index (κ1) is 20.2. The number of hydrogen-bond acceptors (Lipinski definition) is 4. The number of carbonyl (C=O) groups excluding carboxylic acids is 1. The first-order valence-electron chi connectivity index (χ1n) is 8.49. The highest BCUT2D eigenvalue weighted by molar-refractivity contribution is 6.31. The van der Waals surface area contributed by atoms with E-state index >= 15 is 0 Å². The SMILES string of the molecule is COCCOCCCC(=O)Nc1cc(Cl)ccc1Oc1ccc(C)cc1. The molecule has 1 N–H and O–H groups in total. The first-order valence-corrected chi connectivity index (χ1v) is 8.87. The molecule has 2 rings (SSSR count). The molecule has 0 fully saturated rings. The van der Waals surface area contributed by atoms with Gasteiger partial charge < -0.3 is 19.5 Å². The van der Waals surface area contributed by atoms with Gasteiger partial charge in [-0.3, -0.25) is 4.79 Å². The molecule has 5 nitrogen and oxygen atoms in total. The lowest BCUT2D eigenvalue weighted by Gasteiger charge is -2.13. The minimum absolute atomic E-state index is 0.114. The lowest BCUT2D eigenvalue weighted by atomic mass is 10.2. The van der Waals surface area contributed by atoms with E-state index in [2.05, 4.69) is 5.32 Å². The zero-order chi connectivity index (χ0) is 18.8. The quantitative estimate of drug-likeness (QED) is 0.603. The molecule has 0 saturated heterocycles. The number of rotatable bonds is 10. The Morgan fingerprint density at radius 2 is 1.85 bits per heavy atom. The second-order valence-electron chi connectivity index (χ2n) is 5.81. The molecule has 26 heavy (non-hydrogen) atoms. The van der Waals surface area contributed by atoms with Crippen LogP contribution < -0.4 is 10.1 Å². The third-order valence-corrected chi connectivity index (χ3v) is 3.82. The van der Waals surface area contributed by atoms with Gasteiger partial charge in [-0.05, 0) is 43.7 Å². The van der Waals surface area contributed by atoms with E-state index in [4.69, 9.17) is 25.8 Å². The van der Waals surface area contributed by atoms with Gasteiger partial charge in [-0.2, -0.15) is 0 Å². The average molecular weight is 378 g/mol. The summed E-state index contributed by atoms with van der Waals surface area (Å²) in [6.45, 7) is 3.60. The molecule has 1 amide bonds. The Kier molecular flexibility index (Phi) is 8.41. The van der Waals surface area contributed by atoms with Crippen LogP contribution in [0.4, 0.5) is 5.69 Å². The minimum Gasteiger partial charge on any atom is -0.455 e. The van der Waals surface area contributed by atoms with Crippen molar-refractivity contribution in [1.82, 2.24) is 0 Å². The Bertz CT molecular complexity index is 703. The second kappa shape index (κ2) is 10.8. The maximum absolute atomic E-state index is 12.2. The highest BCUT2D eigenvalue weighted by Gasteiger charge is 2.10. The maximum atomic E-state index is 12.2. The fraction of sp³-hybridized carbons (Fsp3) is 0.350. The van der Waals surface area contributed by atoms with Crippen molar-refractivity contribution in [2.75, 3.05) is 32.2 Å². The number of nitrogens with one attached hydrogen (secondary N) is 1. The largest absolute Gasteiger partial charge is 0.455 e. The zero-order valence-electron chi connectivity index (χ0n) is 15.1. The molecule has 0 aromatic heterocycles. The monoisotopic (exact) mass is 377 g/mol. The third kappa shape index (κ3) is 7.04. The number of methoxy groups -OCH3 is 1. The Balaban J connectivity index is 1.92. The van der Waals surface area contributed by atoms with Crippen LogP contribution >= 0.6 is 11.6 Å². The van der Waals surface area contributed by atoms with Gasteiger partial charge in [0.2, 0.25) is 5.91 Å². The first-order chi connectivity index (χ1) is 12.6. The predicted octanol–water partition coefficient (Wildman–Crippen LogP) is 4.82. The fourth-order valence-electron chi connectivity index (χ4n) is 2.21. The van der Waals surface area contributed by atoms with E-state index < -0.39 is 0 Å². The normalized spacial score (nSPS) is 10.6. The van der Waals surface area contributed by atoms with Gasteiger partial charge >= 0.3 is 0 Å². The van der Waals surface area contributed by atoms with E-state index in [1.165, 1.54) is 0 Å². The summed E-state index contributed by atoms with van der Waals surface area (Å²) >= 11 is 6.06. The Morgan fingerprint density at radius 1 is 1.08 bits per heavy atom. The van der Waals surface area contributed by atoms with Crippen molar-refractivity contribution in [3.05, 3.63) is 53.1 Å². The molecule has 0 spiro atoms. The van der Waals surface area contributed by atoms with Gasteiger partial charge in [-0.15, -0.1) is 0 Å². The van der Waals surface area contributed by atoms with E-state index in [1.54, 1.807) is 25.3 Å². The minimum atomic E-state index is -0.114. The van der Waals surface area contributed by atoms with E-state index in [0.717, 1.165) is 5.56 Å². The molecule has 0 aliphatic rings. The average Bonchev–Trinajstić information content (AvgIpc) is 2.62. The van der Waals surface area contributed by atoms with Crippen molar-refractivity contribution in [2.45, 2.75) is 19.8 Å². The Morgan fingerprint density at radius 3 is 2.58 bits per heavy atom. The van der Waals surface area contributed by atoms with E-state index in [-0.39, 0.29) is 5.91 Å². The van der Waals surface area contributed by atoms with Crippen LogP contribution in [0.2, 0.25) is 5.02 Å². The van der Waals surface area contributed by atoms with Gasteiger partial charge in [-0.1, -0.05) is 29.3 Å². The number of ether oxygens (including phenoxy) is 3. The standard InChI is InChI=1S/C20H24ClNO4/c1-15-5-8-17(9-6-15)26-19-10-7-16(21)14-18(19)22-20(23)4-3-11-25-13-12-24-2/h5-10,14H,3-4,11-13H2,1-2H3,(H,22,23). The molecule has 0 aliphatic carbocycles. The summed E-state index contributed by atoms with van der Waals surface area (Å²) in [5, 5.41) is 3.38. The molecule has 0 bridgehead atoms. The van der Waals surface area contributed by atoms with Crippen molar-refractivity contribution < 1.29 is 19.0 Å². The molecule has 6 heteroatoms. The third-order valence-electron chi connectivity index (χ3n) is 3.59. The molecule has 0 atom stereocenters. The number of aryl methyl sites for hydroxylation is 1. The molecule has 0 aliphatic heterocycles. The summed E-state index contributed by atoms with van der Waals surface area (Å²) in [6, 6.07) is 12.8. The molecular weight excluding hydrogens is 354 g/mol. The molecule has 0 heterocycles. The van der Waals surface area contributed by atoms with Crippen LogP contribution in [0, 0.1) is 6.92 Å². The molecule has 0 saturated carbocycles. The highest BCUT2D eigenvalue weighted by Crippen LogP contribution is 2.32. The number of hydrogen-bond donors (Lipinski definition) is 1. The van der Waals surface area contributed by atoms with Crippen LogP contribution in [0.25, 0.3) is 0 Å². The Hall–Kier alpha value is -2.08. The van der Waals surface area contributed by atoms with Crippen LogP contribution in [-0.2, 0) is 14.3 Å². The van der Waals surface area contributed by atoms with E-state index in [0.29, 0.717) is 54.9 Å². The Labute approximate surface area is 159 Å². The summed E-state index contributed by atoms with van der Waals surface area (Å²) in [4.78, 5) is 12.2. The van der Waals surface area contributed by atoms with Crippen LogP contribution in [0.3, 0.4) is 0 Å². The summed E-state index contributed by atoms with van der Waals surface area (Å²) in [6.07, 6.45) is 0.980. The number of halogens is 1. The predicted molar refractivity (Wildman–Crippen MR) is 103 cm³/mol. The molecule has 140 valence electrons. The lowest BCUT2D eigenvalue weighted by molar-refractivity contribution is -0.116. The van der Waals surface area contributed by atoms with Gasteiger partial charge in [0, 0.05) is 25.2 Å². The van der Waals surface area contributed by atoms with Crippen molar-refractivity contribution >= 4 is 23.2 Å². The van der Waals surface area contributed by atoms with Gasteiger partial charge in [0.25, 0.3) is 0 Å². The number of carbonyl (C=O) groups is 1. The van der Waals surface area contributed by atoms with Crippen molar-refractivity contribution in [3.63, 3.8) is 0 Å². The number of amides is 1. The van der Waals surface area contributed by atoms with Gasteiger partial charge in [0.1, 0.15) is 5.75 Å². The van der Waals surface area contributed by atoms with Crippen molar-refractivity contribution in [2.24, 2.45) is 0 Å². The zero-order valence-corrected chi connectivity index (χ0v) is 15.8. The van der Waals surface area contributed by atoms with Gasteiger partial charge in [-0.25, -0.2) is 0 Å². The lowest BCUT2D eigenvalue weighted by Crippen LogP contribution is -2.13. The topological polar surface area (TPSA) is 56.8 Å². The molecule has 2 aromatic carbocycles. The smallest absolute Gasteiger partial charge is 0.224 e. The van der Waals surface area contributed by atoms with Gasteiger partial charge in [0.15, 0.2) is 5.75 Å². The molecule has 0 unspecified atom stereocenters. The maximum Gasteiger partial charge on any atom is 0.224 e. The van der Waals surface area contributed by atoms with Crippen molar-refractivity contribution in [3.8, 4) is 11.5 Å². The van der Waals surface area contributed by atoms with E-state index in [1.807, 2.05) is 31.2 Å². The highest BCUT2D eigenvalue weighted by atomic mass is 35.5. The number of benzene rings is 2. The summed E-state index contributed by atoms with van der Waals surface area (Å²) in [5.41, 5.74) is 1.69. The summed E-state index contributed by atoms with van der Waals surface area (Å²) < 4.78 is 16.1. The summed E-state index contributed by atoms with van der Waals surface area (Å²) in [5.74, 6) is 1.12. The number of anilines is 1. The molecular formula is C20H24ClNO4. The molecule has 0 radical (unpaired) electrons. The van der Waals surface area contributed by atoms with Crippen LogP contribution in [0.1, 0.15) is 18.4 Å². The van der Waals surface area contributed by atoms with Crippen LogP contribution in [0.5, 0.6) is 11.5 Å².